The molecule has 0 N–H and O–H groups in total. The number of thiazole rings is 1. The Hall–Kier alpha value is -2.63. The molecular weight excluding hydrogens is 438 g/mol. The Morgan fingerprint density at radius 3 is 2.37 bits per heavy atom. The molecule has 1 aromatic heterocycles. The van der Waals surface area contributed by atoms with Crippen molar-refractivity contribution < 1.29 is 40.7 Å². The minimum atomic E-state index is -4.98. The third kappa shape index (κ3) is 4.58. The fraction of sp³-hybridized carbons (Fsp3) is 0.389. The van der Waals surface area contributed by atoms with Crippen molar-refractivity contribution in [3.05, 3.63) is 46.0 Å². The predicted octanol–water partition coefficient (Wildman–Crippen LogP) is 5.17. The topological polar surface area (TPSA) is 59.5 Å². The standard InChI is InChI=1S/C18H14F6N2O3S/c1-2-29-15(28)12-13(18(22,23)24)25-16(30-12)26(11-6-7-11)14(27)9-4-3-5-10(8-9)17(19,20)21/h3-5,8,11H,2,6-7H2,1H3. The minimum absolute atomic E-state index is 0.168. The maximum absolute atomic E-state index is 13.4. The van der Waals surface area contributed by atoms with Crippen molar-refractivity contribution in [3.63, 3.8) is 0 Å². The van der Waals surface area contributed by atoms with Crippen LogP contribution in [0.2, 0.25) is 0 Å². The zero-order valence-corrected chi connectivity index (χ0v) is 16.1. The summed E-state index contributed by atoms with van der Waals surface area (Å²) in [6.07, 6.45) is -8.78. The molecular formula is C18H14F6N2O3S. The highest BCUT2D eigenvalue weighted by Gasteiger charge is 2.44. The van der Waals surface area contributed by atoms with Crippen molar-refractivity contribution in [2.75, 3.05) is 11.5 Å². The normalized spacial score (nSPS) is 14.5. The molecule has 0 saturated heterocycles. The SMILES string of the molecule is CCOC(=O)c1sc(N(C(=O)c2cccc(C(F)(F)F)c2)C2CC2)nc1C(F)(F)F. The number of anilines is 1. The van der Waals surface area contributed by atoms with Crippen molar-refractivity contribution in [3.8, 4) is 0 Å². The van der Waals surface area contributed by atoms with Gasteiger partial charge in [-0.15, -0.1) is 0 Å². The highest BCUT2D eigenvalue weighted by atomic mass is 32.1. The first-order valence-electron chi connectivity index (χ1n) is 8.69. The quantitative estimate of drug-likeness (QED) is 0.464. The van der Waals surface area contributed by atoms with E-state index in [-0.39, 0.29) is 12.2 Å². The van der Waals surface area contributed by atoms with Crippen molar-refractivity contribution >= 4 is 28.3 Å². The van der Waals surface area contributed by atoms with E-state index < -0.39 is 51.5 Å². The average molecular weight is 452 g/mol. The van der Waals surface area contributed by atoms with Crippen LogP contribution in [-0.2, 0) is 17.1 Å². The van der Waals surface area contributed by atoms with Crippen LogP contribution in [0.1, 0.15) is 51.1 Å². The van der Waals surface area contributed by atoms with Crippen molar-refractivity contribution in [2.45, 2.75) is 38.2 Å². The van der Waals surface area contributed by atoms with E-state index in [4.69, 9.17) is 0 Å². The van der Waals surface area contributed by atoms with Crippen molar-refractivity contribution in [1.82, 2.24) is 4.98 Å². The van der Waals surface area contributed by atoms with E-state index in [1.165, 1.54) is 6.92 Å². The summed E-state index contributed by atoms with van der Waals surface area (Å²) in [7, 11) is 0. The van der Waals surface area contributed by atoms with Gasteiger partial charge in [0.15, 0.2) is 10.8 Å². The van der Waals surface area contributed by atoms with Gasteiger partial charge in [0.2, 0.25) is 0 Å². The number of benzene rings is 1. The first-order valence-corrected chi connectivity index (χ1v) is 9.51. The monoisotopic (exact) mass is 452 g/mol. The molecule has 1 amide bonds. The predicted molar refractivity (Wildman–Crippen MR) is 94.3 cm³/mol. The van der Waals surface area contributed by atoms with Gasteiger partial charge in [0.1, 0.15) is 4.88 Å². The second-order valence-electron chi connectivity index (χ2n) is 6.38. The number of hydrogen-bond acceptors (Lipinski definition) is 5. The van der Waals surface area contributed by atoms with Gasteiger partial charge in [0, 0.05) is 11.6 Å². The molecule has 1 heterocycles. The first-order chi connectivity index (χ1) is 13.9. The number of ether oxygens (including phenoxy) is 1. The number of esters is 1. The summed E-state index contributed by atoms with van der Waals surface area (Å²) in [6.45, 7) is 1.25. The van der Waals surface area contributed by atoms with Gasteiger partial charge in [0.25, 0.3) is 5.91 Å². The molecule has 30 heavy (non-hydrogen) atoms. The number of alkyl halides is 6. The van der Waals surface area contributed by atoms with Crippen LogP contribution in [0.5, 0.6) is 0 Å². The number of carbonyl (C=O) groups excluding carboxylic acids is 2. The fourth-order valence-electron chi connectivity index (χ4n) is 2.65. The summed E-state index contributed by atoms with van der Waals surface area (Å²) >= 11 is 0.321. The van der Waals surface area contributed by atoms with E-state index in [1.807, 2.05) is 0 Å². The lowest BCUT2D eigenvalue weighted by Crippen LogP contribution is -2.33. The third-order valence-electron chi connectivity index (χ3n) is 4.12. The molecule has 1 aliphatic carbocycles. The van der Waals surface area contributed by atoms with Gasteiger partial charge in [-0.25, -0.2) is 9.78 Å². The number of hydrogen-bond donors (Lipinski definition) is 0. The molecule has 1 aromatic carbocycles. The molecule has 162 valence electrons. The zero-order chi connectivity index (χ0) is 22.3. The highest BCUT2D eigenvalue weighted by Crippen LogP contribution is 2.41. The Bertz CT molecular complexity index is 966. The molecule has 1 aliphatic rings. The number of nitrogens with zero attached hydrogens (tertiary/aromatic N) is 2. The van der Waals surface area contributed by atoms with Crippen LogP contribution < -0.4 is 4.90 Å². The van der Waals surface area contributed by atoms with Gasteiger partial charge >= 0.3 is 18.3 Å². The second-order valence-corrected chi connectivity index (χ2v) is 7.35. The van der Waals surface area contributed by atoms with E-state index in [2.05, 4.69) is 9.72 Å². The molecule has 12 heteroatoms. The largest absolute Gasteiger partial charge is 0.462 e. The molecule has 0 unspecified atom stereocenters. The summed E-state index contributed by atoms with van der Waals surface area (Å²) in [5.74, 6) is -2.17. The van der Waals surface area contributed by atoms with E-state index in [9.17, 15) is 35.9 Å². The van der Waals surface area contributed by atoms with Crippen LogP contribution in [0.25, 0.3) is 0 Å². The smallest absolute Gasteiger partial charge is 0.435 e. The Morgan fingerprint density at radius 2 is 1.83 bits per heavy atom. The fourth-order valence-corrected chi connectivity index (χ4v) is 3.70. The van der Waals surface area contributed by atoms with E-state index >= 15 is 0 Å². The van der Waals surface area contributed by atoms with Gasteiger partial charge < -0.3 is 4.74 Å². The molecule has 2 aromatic rings. The van der Waals surface area contributed by atoms with Crippen LogP contribution in [0.4, 0.5) is 31.5 Å². The number of halogens is 6. The first kappa shape index (κ1) is 22.1. The Morgan fingerprint density at radius 1 is 1.17 bits per heavy atom. The number of aromatic nitrogens is 1. The highest BCUT2D eigenvalue weighted by molar-refractivity contribution is 7.17. The maximum Gasteiger partial charge on any atom is 0.435 e. The maximum atomic E-state index is 13.4. The van der Waals surface area contributed by atoms with Crippen LogP contribution in [-0.4, -0.2) is 29.5 Å². The summed E-state index contributed by atoms with van der Waals surface area (Å²) in [5, 5.41) is -0.421. The molecule has 0 radical (unpaired) electrons. The van der Waals surface area contributed by atoms with E-state index in [1.54, 1.807) is 0 Å². The molecule has 1 saturated carbocycles. The van der Waals surface area contributed by atoms with Crippen molar-refractivity contribution in [1.29, 1.82) is 0 Å². The number of amides is 1. The lowest BCUT2D eigenvalue weighted by Gasteiger charge is -2.20. The molecule has 0 atom stereocenters. The molecule has 0 spiro atoms. The van der Waals surface area contributed by atoms with Crippen LogP contribution in [0.15, 0.2) is 24.3 Å². The Balaban J connectivity index is 2.04. The average Bonchev–Trinajstić information content (AvgIpc) is 3.37. The summed E-state index contributed by atoms with van der Waals surface area (Å²) in [5.41, 5.74) is -2.91. The van der Waals surface area contributed by atoms with Crippen molar-refractivity contribution in [2.24, 2.45) is 0 Å². The van der Waals surface area contributed by atoms with Crippen LogP contribution in [0.3, 0.4) is 0 Å². The molecule has 1 fully saturated rings. The van der Waals surface area contributed by atoms with Gasteiger partial charge in [-0.05, 0) is 38.0 Å². The van der Waals surface area contributed by atoms with E-state index in [0.717, 1.165) is 23.1 Å². The lowest BCUT2D eigenvalue weighted by atomic mass is 10.1. The second kappa shape index (κ2) is 7.89. The Kier molecular flexibility index (Phi) is 5.81. The van der Waals surface area contributed by atoms with Gasteiger partial charge in [-0.2, -0.15) is 26.3 Å². The van der Waals surface area contributed by atoms with Crippen LogP contribution >= 0.6 is 11.3 Å². The van der Waals surface area contributed by atoms with Gasteiger partial charge in [-0.1, -0.05) is 17.4 Å². The number of rotatable bonds is 5. The summed E-state index contributed by atoms with van der Waals surface area (Å²) in [4.78, 5) is 28.4. The number of carbonyl (C=O) groups is 2. The molecule has 3 rings (SSSR count). The van der Waals surface area contributed by atoms with Crippen LogP contribution in [0, 0.1) is 0 Å². The molecule has 0 aliphatic heterocycles. The summed E-state index contributed by atoms with van der Waals surface area (Å²) in [6, 6.07) is 3.06. The summed E-state index contributed by atoms with van der Waals surface area (Å²) < 4.78 is 83.6. The zero-order valence-electron chi connectivity index (χ0n) is 15.3. The Labute approximate surface area is 170 Å². The van der Waals surface area contributed by atoms with E-state index in [0.29, 0.717) is 30.2 Å². The third-order valence-corrected chi connectivity index (χ3v) is 5.15. The molecule has 0 bridgehead atoms. The minimum Gasteiger partial charge on any atom is -0.462 e. The molecule has 5 nitrogen and oxygen atoms in total. The van der Waals surface area contributed by atoms with Gasteiger partial charge in [0.05, 0.1) is 12.2 Å². The van der Waals surface area contributed by atoms with Gasteiger partial charge in [-0.3, -0.25) is 9.69 Å². The lowest BCUT2D eigenvalue weighted by molar-refractivity contribution is -0.141.